The predicted octanol–water partition coefficient (Wildman–Crippen LogP) is 2.35. The van der Waals surface area contributed by atoms with E-state index in [2.05, 4.69) is 20.9 Å². The maximum absolute atomic E-state index is 12.4. The van der Waals surface area contributed by atoms with Gasteiger partial charge < -0.3 is 20.5 Å². The van der Waals surface area contributed by atoms with E-state index in [4.69, 9.17) is 0 Å². The quantitative estimate of drug-likeness (QED) is 0.566. The normalized spacial score (nSPS) is 22.5. The third-order valence-electron chi connectivity index (χ3n) is 5.02. The van der Waals surface area contributed by atoms with Crippen LogP contribution in [0.1, 0.15) is 12.5 Å². The van der Waals surface area contributed by atoms with Crippen LogP contribution in [0.15, 0.2) is 83.2 Å². The monoisotopic (exact) mass is 410 g/mol. The molecule has 150 valence electrons. The van der Waals surface area contributed by atoms with Crippen LogP contribution in [0, 0.1) is 0 Å². The molecule has 8 heteroatoms. The van der Waals surface area contributed by atoms with Crippen LogP contribution in [0.4, 0.5) is 5.69 Å². The zero-order valence-electron chi connectivity index (χ0n) is 15.8. The van der Waals surface area contributed by atoms with E-state index in [-0.39, 0.29) is 18.1 Å². The fourth-order valence-electron chi connectivity index (χ4n) is 3.47. The van der Waals surface area contributed by atoms with E-state index in [0.29, 0.717) is 17.1 Å². The second kappa shape index (κ2) is 8.20. The molecule has 29 heavy (non-hydrogen) atoms. The van der Waals surface area contributed by atoms with Crippen molar-refractivity contribution < 1.29 is 13.6 Å². The number of piperazine rings is 1. The average Bonchev–Trinajstić information content (AvgIpc) is 2.73. The summed E-state index contributed by atoms with van der Waals surface area (Å²) in [4.78, 5) is 14.8. The van der Waals surface area contributed by atoms with Crippen molar-refractivity contribution in [2.24, 2.45) is 0 Å². The van der Waals surface area contributed by atoms with Crippen LogP contribution in [0.5, 0.6) is 0 Å². The number of rotatable bonds is 5. The van der Waals surface area contributed by atoms with Crippen molar-refractivity contribution in [3.8, 4) is 0 Å². The summed E-state index contributed by atoms with van der Waals surface area (Å²) in [6.45, 7) is 2.51. The molecule has 3 atom stereocenters. The molecular formula is C21H22N4O3S. The van der Waals surface area contributed by atoms with Crippen LogP contribution in [-0.4, -0.2) is 31.8 Å². The fourth-order valence-corrected chi connectivity index (χ4v) is 3.89. The van der Waals surface area contributed by atoms with E-state index in [0.717, 1.165) is 17.1 Å². The minimum Gasteiger partial charge on any atom is -0.351 e. The highest BCUT2D eigenvalue weighted by atomic mass is 32.2. The van der Waals surface area contributed by atoms with Crippen LogP contribution in [-0.2, 0) is 22.4 Å². The standard InChI is InChI=1S/C21H22N4O3S/c1-14-21(26)23-18-10-11-19(22-16-8-5-9-17(12-16)29(27)28)24-20(18)25(14)13-15-6-3-2-4-7-15/h2-12,14,20,22,24H,13H2,1H3,(H,23,26)(H,27,28). The van der Waals surface area contributed by atoms with Gasteiger partial charge in [-0.2, -0.15) is 0 Å². The molecule has 2 aromatic carbocycles. The van der Waals surface area contributed by atoms with Crippen molar-refractivity contribution in [2.45, 2.75) is 30.6 Å². The molecule has 0 aromatic heterocycles. The highest BCUT2D eigenvalue weighted by Gasteiger charge is 2.37. The Morgan fingerprint density at radius 2 is 1.93 bits per heavy atom. The second-order valence-electron chi connectivity index (χ2n) is 6.97. The Bertz CT molecular complexity index is 1010. The lowest BCUT2D eigenvalue weighted by Crippen LogP contribution is -2.63. The topological polar surface area (TPSA) is 93.7 Å². The number of carbonyl (C=O) groups is 1. The van der Waals surface area contributed by atoms with E-state index in [1.807, 2.05) is 55.5 Å². The minimum atomic E-state index is -2.04. The Morgan fingerprint density at radius 1 is 1.14 bits per heavy atom. The molecule has 2 aliphatic rings. The molecule has 4 N–H and O–H groups in total. The van der Waals surface area contributed by atoms with Crippen molar-refractivity contribution in [1.82, 2.24) is 15.5 Å². The predicted molar refractivity (Wildman–Crippen MR) is 112 cm³/mol. The number of hydrogen-bond acceptors (Lipinski definition) is 5. The number of amides is 1. The van der Waals surface area contributed by atoms with E-state index in [1.165, 1.54) is 0 Å². The van der Waals surface area contributed by atoms with Crippen molar-refractivity contribution in [3.05, 3.63) is 83.8 Å². The summed E-state index contributed by atoms with van der Waals surface area (Å²) in [6.07, 6.45) is 3.51. The molecule has 3 unspecified atom stereocenters. The van der Waals surface area contributed by atoms with Crippen LogP contribution in [0.25, 0.3) is 0 Å². The van der Waals surface area contributed by atoms with Gasteiger partial charge in [0, 0.05) is 12.2 Å². The second-order valence-corrected chi connectivity index (χ2v) is 7.94. The van der Waals surface area contributed by atoms with Crippen molar-refractivity contribution in [1.29, 1.82) is 0 Å². The number of allylic oxidation sites excluding steroid dienone is 2. The lowest BCUT2D eigenvalue weighted by atomic mass is 10.1. The van der Waals surface area contributed by atoms with Gasteiger partial charge in [0.05, 0.1) is 16.6 Å². The summed E-state index contributed by atoms with van der Waals surface area (Å²) in [6, 6.07) is 16.5. The van der Waals surface area contributed by atoms with Gasteiger partial charge in [-0.15, -0.1) is 0 Å². The number of fused-ring (bicyclic) bond motifs is 1. The van der Waals surface area contributed by atoms with Crippen molar-refractivity contribution in [3.63, 3.8) is 0 Å². The third kappa shape index (κ3) is 4.24. The molecule has 0 spiro atoms. The number of nitrogens with one attached hydrogen (secondary N) is 3. The maximum atomic E-state index is 12.4. The lowest BCUT2D eigenvalue weighted by molar-refractivity contribution is -0.129. The molecule has 2 heterocycles. The SMILES string of the molecule is CC1C(=O)NC2=CC=C(Nc3cccc(S(=O)O)c3)NC2N1Cc1ccccc1. The summed E-state index contributed by atoms with van der Waals surface area (Å²) in [5.41, 5.74) is 2.61. The van der Waals surface area contributed by atoms with E-state index in [9.17, 15) is 13.6 Å². The summed E-state index contributed by atoms with van der Waals surface area (Å²) in [5.74, 6) is 0.703. The Labute approximate surface area is 171 Å². The van der Waals surface area contributed by atoms with Gasteiger partial charge in [-0.05, 0) is 42.8 Å². The van der Waals surface area contributed by atoms with Crippen LogP contribution in [0.3, 0.4) is 0 Å². The van der Waals surface area contributed by atoms with Gasteiger partial charge in [0.2, 0.25) is 5.91 Å². The number of carbonyl (C=O) groups excluding carboxylic acids is 1. The molecule has 1 fully saturated rings. The summed E-state index contributed by atoms with van der Waals surface area (Å²) in [5, 5.41) is 9.63. The zero-order valence-corrected chi connectivity index (χ0v) is 16.6. The maximum Gasteiger partial charge on any atom is 0.241 e. The molecule has 4 rings (SSSR count). The molecule has 1 saturated heterocycles. The summed E-state index contributed by atoms with van der Waals surface area (Å²) >= 11 is -2.04. The molecule has 2 aliphatic heterocycles. The molecule has 7 nitrogen and oxygen atoms in total. The van der Waals surface area contributed by atoms with Crippen molar-refractivity contribution >= 4 is 22.7 Å². The number of benzene rings is 2. The van der Waals surface area contributed by atoms with Gasteiger partial charge >= 0.3 is 0 Å². The Morgan fingerprint density at radius 3 is 2.69 bits per heavy atom. The first kappa shape index (κ1) is 19.4. The highest BCUT2D eigenvalue weighted by Crippen LogP contribution is 2.24. The number of dihydropyridines is 1. The van der Waals surface area contributed by atoms with Gasteiger partial charge in [0.1, 0.15) is 12.0 Å². The number of hydrogen-bond donors (Lipinski definition) is 4. The van der Waals surface area contributed by atoms with Gasteiger partial charge in [-0.25, -0.2) is 4.21 Å². The largest absolute Gasteiger partial charge is 0.351 e. The van der Waals surface area contributed by atoms with Crippen LogP contribution >= 0.6 is 0 Å². The number of nitrogens with zero attached hydrogens (tertiary/aromatic N) is 1. The summed E-state index contributed by atoms with van der Waals surface area (Å²) in [7, 11) is 0. The van der Waals surface area contributed by atoms with Gasteiger partial charge in [0.25, 0.3) is 0 Å². The molecule has 0 saturated carbocycles. The smallest absolute Gasteiger partial charge is 0.241 e. The van der Waals surface area contributed by atoms with Crippen LogP contribution in [0.2, 0.25) is 0 Å². The highest BCUT2D eigenvalue weighted by molar-refractivity contribution is 7.79. The van der Waals surface area contributed by atoms with Gasteiger partial charge in [0.15, 0.2) is 11.1 Å². The van der Waals surface area contributed by atoms with Gasteiger partial charge in [-0.1, -0.05) is 36.4 Å². The molecule has 0 radical (unpaired) electrons. The Kier molecular flexibility index (Phi) is 5.48. The average molecular weight is 410 g/mol. The van der Waals surface area contributed by atoms with Crippen molar-refractivity contribution in [2.75, 3.05) is 5.32 Å². The first-order chi connectivity index (χ1) is 14.0. The van der Waals surface area contributed by atoms with E-state index >= 15 is 0 Å². The Balaban J connectivity index is 1.56. The van der Waals surface area contributed by atoms with E-state index < -0.39 is 11.1 Å². The lowest BCUT2D eigenvalue weighted by Gasteiger charge is -2.43. The number of anilines is 1. The van der Waals surface area contributed by atoms with Gasteiger partial charge in [-0.3, -0.25) is 9.69 Å². The molecule has 0 bridgehead atoms. The fraction of sp³-hybridized carbons (Fsp3) is 0.190. The minimum absolute atomic E-state index is 0.0341. The summed E-state index contributed by atoms with van der Waals surface area (Å²) < 4.78 is 20.6. The first-order valence-electron chi connectivity index (χ1n) is 9.28. The van der Waals surface area contributed by atoms with E-state index in [1.54, 1.807) is 18.2 Å². The molecule has 0 aliphatic carbocycles. The third-order valence-corrected chi connectivity index (χ3v) is 5.67. The molecular weight excluding hydrogens is 388 g/mol. The Hall–Kier alpha value is -2.94. The van der Waals surface area contributed by atoms with Crippen LogP contribution < -0.4 is 16.0 Å². The molecule has 1 amide bonds. The zero-order chi connectivity index (χ0) is 20.4. The molecule has 2 aromatic rings. The first-order valence-corrected chi connectivity index (χ1v) is 10.4.